The number of rotatable bonds is 4. The number of hydrogen-bond donors (Lipinski definition) is 1. The van der Waals surface area contributed by atoms with E-state index in [1.54, 1.807) is 0 Å². The standard InChI is InChI=1S/C13H20N2OS/c1-8-9(2)17-13(14-8)12(15-11-3-4-11)10-5-6-16-7-10/h10-12,15H,3-7H2,1-2H3. The number of hydrogen-bond acceptors (Lipinski definition) is 4. The Kier molecular flexibility index (Phi) is 3.19. The van der Waals surface area contributed by atoms with Crippen molar-refractivity contribution >= 4 is 11.3 Å². The van der Waals surface area contributed by atoms with E-state index >= 15 is 0 Å². The van der Waals surface area contributed by atoms with Crippen LogP contribution in [0.5, 0.6) is 0 Å². The summed E-state index contributed by atoms with van der Waals surface area (Å²) in [6, 6.07) is 1.15. The smallest absolute Gasteiger partial charge is 0.110 e. The Labute approximate surface area is 107 Å². The number of thiazole rings is 1. The normalized spacial score (nSPS) is 26.4. The SMILES string of the molecule is Cc1nc(C(NC2CC2)C2CCOC2)sc1C. The molecule has 0 bridgehead atoms. The summed E-state index contributed by atoms with van der Waals surface area (Å²) in [5, 5.41) is 5.02. The number of nitrogens with one attached hydrogen (secondary N) is 1. The molecule has 0 spiro atoms. The Bertz CT molecular complexity index is 375. The van der Waals surface area contributed by atoms with E-state index in [0.29, 0.717) is 12.0 Å². The fourth-order valence-corrected chi connectivity index (χ4v) is 3.44. The minimum absolute atomic E-state index is 0.419. The van der Waals surface area contributed by atoms with Crippen LogP contribution in [0.15, 0.2) is 0 Å². The summed E-state index contributed by atoms with van der Waals surface area (Å²) in [7, 11) is 0. The molecule has 1 saturated heterocycles. The second kappa shape index (κ2) is 4.67. The average Bonchev–Trinajstić information content (AvgIpc) is 2.84. The molecule has 1 N–H and O–H groups in total. The van der Waals surface area contributed by atoms with Gasteiger partial charge >= 0.3 is 0 Å². The number of aryl methyl sites for hydroxylation is 2. The van der Waals surface area contributed by atoms with Crippen LogP contribution < -0.4 is 5.32 Å². The van der Waals surface area contributed by atoms with Crippen LogP contribution in [0.1, 0.15) is 40.9 Å². The molecule has 3 rings (SSSR count). The van der Waals surface area contributed by atoms with Gasteiger partial charge in [0.15, 0.2) is 0 Å². The van der Waals surface area contributed by atoms with Crippen LogP contribution in [0, 0.1) is 19.8 Å². The molecule has 17 heavy (non-hydrogen) atoms. The van der Waals surface area contributed by atoms with Crippen LogP contribution in [0.3, 0.4) is 0 Å². The van der Waals surface area contributed by atoms with E-state index in [1.807, 2.05) is 11.3 Å². The summed E-state index contributed by atoms with van der Waals surface area (Å²) < 4.78 is 5.54. The van der Waals surface area contributed by atoms with Gasteiger partial charge in [0.05, 0.1) is 18.3 Å². The molecule has 2 atom stereocenters. The monoisotopic (exact) mass is 252 g/mol. The van der Waals surface area contributed by atoms with Gasteiger partial charge in [-0.05, 0) is 33.1 Å². The molecule has 4 heteroatoms. The first-order valence-electron chi connectivity index (χ1n) is 6.52. The lowest BCUT2D eigenvalue weighted by atomic mass is 9.99. The van der Waals surface area contributed by atoms with E-state index in [-0.39, 0.29) is 0 Å². The molecule has 0 aromatic carbocycles. The van der Waals surface area contributed by atoms with Crippen molar-refractivity contribution in [3.63, 3.8) is 0 Å². The molecule has 0 amide bonds. The fraction of sp³-hybridized carbons (Fsp3) is 0.769. The molecule has 0 radical (unpaired) electrons. The zero-order chi connectivity index (χ0) is 11.8. The summed E-state index contributed by atoms with van der Waals surface area (Å²) in [6.07, 6.45) is 3.82. The van der Waals surface area contributed by atoms with Gasteiger partial charge in [0, 0.05) is 23.4 Å². The minimum Gasteiger partial charge on any atom is -0.381 e. The molecule has 1 aromatic rings. The van der Waals surface area contributed by atoms with Gasteiger partial charge in [-0.25, -0.2) is 4.98 Å². The summed E-state index contributed by atoms with van der Waals surface area (Å²) >= 11 is 1.85. The lowest BCUT2D eigenvalue weighted by Crippen LogP contribution is -2.30. The van der Waals surface area contributed by atoms with Crippen molar-refractivity contribution in [3.8, 4) is 0 Å². The summed E-state index contributed by atoms with van der Waals surface area (Å²) in [6.45, 7) is 6.07. The van der Waals surface area contributed by atoms with Crippen LogP contribution in [-0.4, -0.2) is 24.2 Å². The van der Waals surface area contributed by atoms with Crippen molar-refractivity contribution in [2.45, 2.75) is 45.2 Å². The van der Waals surface area contributed by atoms with Crippen molar-refractivity contribution in [2.75, 3.05) is 13.2 Å². The second-order valence-electron chi connectivity index (χ2n) is 5.24. The molecular weight excluding hydrogens is 232 g/mol. The van der Waals surface area contributed by atoms with E-state index in [2.05, 4.69) is 19.2 Å². The van der Waals surface area contributed by atoms with Crippen molar-refractivity contribution in [1.82, 2.24) is 10.3 Å². The van der Waals surface area contributed by atoms with Crippen molar-refractivity contribution < 1.29 is 4.74 Å². The second-order valence-corrected chi connectivity index (χ2v) is 6.47. The molecule has 94 valence electrons. The van der Waals surface area contributed by atoms with Crippen LogP contribution in [0.25, 0.3) is 0 Å². The van der Waals surface area contributed by atoms with Gasteiger partial charge in [0.25, 0.3) is 0 Å². The molecule has 1 saturated carbocycles. The first kappa shape index (κ1) is 11.6. The molecule has 2 aliphatic rings. The van der Waals surface area contributed by atoms with Crippen molar-refractivity contribution in [3.05, 3.63) is 15.6 Å². The number of aromatic nitrogens is 1. The van der Waals surface area contributed by atoms with Gasteiger partial charge in [-0.1, -0.05) is 0 Å². The average molecular weight is 252 g/mol. The van der Waals surface area contributed by atoms with Crippen LogP contribution in [-0.2, 0) is 4.74 Å². The highest BCUT2D eigenvalue weighted by atomic mass is 32.1. The third kappa shape index (κ3) is 2.54. The van der Waals surface area contributed by atoms with Crippen molar-refractivity contribution in [1.29, 1.82) is 0 Å². The summed E-state index contributed by atoms with van der Waals surface area (Å²) in [5.74, 6) is 0.612. The van der Waals surface area contributed by atoms with E-state index in [0.717, 1.165) is 19.3 Å². The highest BCUT2D eigenvalue weighted by Gasteiger charge is 2.34. The minimum atomic E-state index is 0.419. The molecule has 2 fully saturated rings. The highest BCUT2D eigenvalue weighted by Crippen LogP contribution is 2.35. The third-order valence-corrected chi connectivity index (χ3v) is 4.90. The van der Waals surface area contributed by atoms with Gasteiger partial charge in [-0.15, -0.1) is 11.3 Å². The van der Waals surface area contributed by atoms with E-state index in [9.17, 15) is 0 Å². The van der Waals surface area contributed by atoms with Gasteiger partial charge < -0.3 is 10.1 Å². The predicted octanol–water partition coefficient (Wildman–Crippen LogP) is 2.59. The summed E-state index contributed by atoms with van der Waals surface area (Å²) in [4.78, 5) is 6.09. The van der Waals surface area contributed by atoms with Crippen LogP contribution in [0.4, 0.5) is 0 Å². The quantitative estimate of drug-likeness (QED) is 0.894. The molecule has 2 heterocycles. The highest BCUT2D eigenvalue weighted by molar-refractivity contribution is 7.11. The van der Waals surface area contributed by atoms with Crippen LogP contribution in [0.2, 0.25) is 0 Å². The van der Waals surface area contributed by atoms with Crippen LogP contribution >= 0.6 is 11.3 Å². The molecule has 1 aromatic heterocycles. The molecule has 1 aliphatic heterocycles. The fourth-order valence-electron chi connectivity index (χ4n) is 2.36. The maximum absolute atomic E-state index is 5.54. The zero-order valence-electron chi connectivity index (χ0n) is 10.5. The largest absolute Gasteiger partial charge is 0.381 e. The Morgan fingerprint density at radius 3 is 2.71 bits per heavy atom. The lowest BCUT2D eigenvalue weighted by molar-refractivity contribution is 0.176. The van der Waals surface area contributed by atoms with E-state index in [4.69, 9.17) is 9.72 Å². The Hall–Kier alpha value is -0.450. The predicted molar refractivity (Wildman–Crippen MR) is 69.4 cm³/mol. The van der Waals surface area contributed by atoms with Crippen molar-refractivity contribution in [2.24, 2.45) is 5.92 Å². The van der Waals surface area contributed by atoms with Gasteiger partial charge in [0.2, 0.25) is 0 Å². The lowest BCUT2D eigenvalue weighted by Gasteiger charge is -2.21. The first-order valence-corrected chi connectivity index (χ1v) is 7.33. The van der Waals surface area contributed by atoms with E-state index < -0.39 is 0 Å². The van der Waals surface area contributed by atoms with E-state index in [1.165, 1.54) is 34.8 Å². The van der Waals surface area contributed by atoms with Gasteiger partial charge in [0.1, 0.15) is 5.01 Å². The Morgan fingerprint density at radius 1 is 1.35 bits per heavy atom. The maximum Gasteiger partial charge on any atom is 0.110 e. The third-order valence-electron chi connectivity index (χ3n) is 3.74. The Balaban J connectivity index is 1.80. The molecular formula is C13H20N2OS. The molecule has 2 unspecified atom stereocenters. The topological polar surface area (TPSA) is 34.2 Å². The summed E-state index contributed by atoms with van der Waals surface area (Å²) in [5.41, 5.74) is 1.19. The van der Waals surface area contributed by atoms with Gasteiger partial charge in [-0.3, -0.25) is 0 Å². The molecule has 3 nitrogen and oxygen atoms in total. The van der Waals surface area contributed by atoms with Gasteiger partial charge in [-0.2, -0.15) is 0 Å². The number of nitrogens with zero attached hydrogens (tertiary/aromatic N) is 1. The molecule has 1 aliphatic carbocycles. The number of ether oxygens (including phenoxy) is 1. The Morgan fingerprint density at radius 2 is 2.18 bits per heavy atom. The zero-order valence-corrected chi connectivity index (χ0v) is 11.3. The first-order chi connectivity index (χ1) is 8.24. The maximum atomic E-state index is 5.54.